The molecule has 1 amide bonds. The largest absolute Gasteiger partial charge is 0.365 e. The van der Waals surface area contributed by atoms with Crippen LogP contribution >= 0.6 is 0 Å². The Hall–Kier alpha value is -3.80. The number of hydrogen-bond acceptors (Lipinski definition) is 4. The van der Waals surface area contributed by atoms with Crippen molar-refractivity contribution in [3.8, 4) is 6.07 Å². The molecule has 6 nitrogen and oxygen atoms in total. The van der Waals surface area contributed by atoms with Crippen molar-refractivity contribution >= 4 is 17.4 Å². The van der Waals surface area contributed by atoms with Gasteiger partial charge in [-0.1, -0.05) is 0 Å². The fourth-order valence-corrected chi connectivity index (χ4v) is 4.62. The Morgan fingerprint density at radius 3 is 2.47 bits per heavy atom. The van der Waals surface area contributed by atoms with Crippen LogP contribution in [0.1, 0.15) is 48.0 Å². The molecule has 0 aliphatic heterocycles. The number of primary amides is 1. The smallest absolute Gasteiger partial charge is 0.254 e. The van der Waals surface area contributed by atoms with E-state index in [0.29, 0.717) is 43.4 Å². The van der Waals surface area contributed by atoms with Gasteiger partial charge in [-0.2, -0.15) is 10.4 Å². The molecular formula is C25H24F3N5O. The first-order chi connectivity index (χ1) is 16.3. The number of aromatic nitrogens is 2. The Labute approximate surface area is 195 Å². The van der Waals surface area contributed by atoms with Gasteiger partial charge in [0.15, 0.2) is 5.82 Å². The van der Waals surface area contributed by atoms with Crippen molar-refractivity contribution in [3.05, 3.63) is 77.2 Å². The minimum atomic E-state index is -0.682. The molecule has 1 aliphatic carbocycles. The quantitative estimate of drug-likeness (QED) is 0.500. The standard InChI is InChI=1S/C25H24F3N5O/c26-18-1-4-20(5-2-18)31-24-21(23(30)34)15-33(32-24)25(11-12-29)9-7-16(8-10-25)13-17-14-19(27)3-6-22(17)28/h1-6,14-16H,7-11,13H2,(H2,30,34)(H,31,32). The predicted octanol–water partition coefficient (Wildman–Crippen LogP) is 5.18. The molecule has 0 atom stereocenters. The third-order valence-corrected chi connectivity index (χ3v) is 6.53. The summed E-state index contributed by atoms with van der Waals surface area (Å²) in [5.74, 6) is -1.62. The minimum absolute atomic E-state index is 0.131. The van der Waals surface area contributed by atoms with E-state index in [4.69, 9.17) is 5.73 Å². The summed E-state index contributed by atoms with van der Waals surface area (Å²) in [5.41, 5.74) is 5.94. The number of rotatable bonds is 7. The maximum Gasteiger partial charge on any atom is 0.254 e. The van der Waals surface area contributed by atoms with E-state index >= 15 is 0 Å². The second kappa shape index (κ2) is 9.59. The lowest BCUT2D eigenvalue weighted by molar-refractivity contribution is 0.1000. The molecule has 34 heavy (non-hydrogen) atoms. The van der Waals surface area contributed by atoms with Crippen molar-refractivity contribution in [2.75, 3.05) is 5.32 Å². The van der Waals surface area contributed by atoms with Gasteiger partial charge < -0.3 is 11.1 Å². The van der Waals surface area contributed by atoms with Gasteiger partial charge in [0.25, 0.3) is 5.91 Å². The van der Waals surface area contributed by atoms with Crippen LogP contribution in [-0.4, -0.2) is 15.7 Å². The van der Waals surface area contributed by atoms with Crippen LogP contribution in [-0.2, 0) is 12.0 Å². The Balaban J connectivity index is 1.56. The highest BCUT2D eigenvalue weighted by atomic mass is 19.1. The monoisotopic (exact) mass is 467 g/mol. The average Bonchev–Trinajstić information content (AvgIpc) is 3.24. The number of nitrogens with two attached hydrogens (primary N) is 1. The molecule has 176 valence electrons. The Bertz CT molecular complexity index is 1220. The molecule has 2 aromatic carbocycles. The van der Waals surface area contributed by atoms with E-state index in [1.54, 1.807) is 4.68 Å². The van der Waals surface area contributed by atoms with E-state index < -0.39 is 28.9 Å². The molecule has 9 heteroatoms. The zero-order chi connectivity index (χ0) is 24.3. The number of halogens is 3. The third kappa shape index (κ3) is 4.91. The lowest BCUT2D eigenvalue weighted by Crippen LogP contribution is -2.38. The van der Waals surface area contributed by atoms with Gasteiger partial charge >= 0.3 is 0 Å². The van der Waals surface area contributed by atoms with Crippen molar-refractivity contribution in [2.24, 2.45) is 11.7 Å². The lowest BCUT2D eigenvalue weighted by Gasteiger charge is -2.39. The van der Waals surface area contributed by atoms with Gasteiger partial charge in [-0.3, -0.25) is 9.48 Å². The first-order valence-electron chi connectivity index (χ1n) is 11.0. The van der Waals surface area contributed by atoms with E-state index in [1.165, 1.54) is 36.5 Å². The van der Waals surface area contributed by atoms with Gasteiger partial charge in [0.1, 0.15) is 23.0 Å². The van der Waals surface area contributed by atoms with Crippen LogP contribution in [0.15, 0.2) is 48.7 Å². The average molecular weight is 467 g/mol. The molecule has 1 fully saturated rings. The van der Waals surface area contributed by atoms with E-state index in [-0.39, 0.29) is 23.7 Å². The number of nitrogens with one attached hydrogen (secondary N) is 1. The van der Waals surface area contributed by atoms with E-state index in [2.05, 4.69) is 16.5 Å². The summed E-state index contributed by atoms with van der Waals surface area (Å²) in [5, 5.41) is 17.1. The number of anilines is 2. The normalized spacial score (nSPS) is 20.0. The van der Waals surface area contributed by atoms with Crippen molar-refractivity contribution in [2.45, 2.75) is 44.1 Å². The van der Waals surface area contributed by atoms with Gasteiger partial charge in [0, 0.05) is 11.9 Å². The Morgan fingerprint density at radius 2 is 1.82 bits per heavy atom. The summed E-state index contributed by atoms with van der Waals surface area (Å²) in [6.45, 7) is 0. The van der Waals surface area contributed by atoms with Crippen LogP contribution in [0.5, 0.6) is 0 Å². The van der Waals surface area contributed by atoms with Crippen LogP contribution in [0.4, 0.5) is 24.7 Å². The summed E-state index contributed by atoms with van der Waals surface area (Å²) in [4.78, 5) is 12.1. The zero-order valence-corrected chi connectivity index (χ0v) is 18.4. The van der Waals surface area contributed by atoms with Crippen molar-refractivity contribution in [1.82, 2.24) is 9.78 Å². The Morgan fingerprint density at radius 1 is 1.15 bits per heavy atom. The topological polar surface area (TPSA) is 96.7 Å². The maximum atomic E-state index is 14.1. The summed E-state index contributed by atoms with van der Waals surface area (Å²) < 4.78 is 42.5. The molecular weight excluding hydrogens is 443 g/mol. The maximum absolute atomic E-state index is 14.1. The molecule has 1 heterocycles. The number of hydrogen-bond donors (Lipinski definition) is 2. The number of amides is 1. The zero-order valence-electron chi connectivity index (χ0n) is 18.4. The summed E-state index contributed by atoms with van der Waals surface area (Å²) in [6, 6.07) is 11.3. The lowest BCUT2D eigenvalue weighted by atomic mass is 9.73. The van der Waals surface area contributed by atoms with Gasteiger partial charge in [-0.05, 0) is 86.1 Å². The molecule has 0 spiro atoms. The molecule has 0 radical (unpaired) electrons. The summed E-state index contributed by atoms with van der Waals surface area (Å²) in [7, 11) is 0. The molecule has 3 N–H and O–H groups in total. The summed E-state index contributed by atoms with van der Waals surface area (Å²) in [6.07, 6.45) is 4.65. The van der Waals surface area contributed by atoms with Crippen molar-refractivity contribution in [3.63, 3.8) is 0 Å². The number of benzene rings is 2. The molecule has 0 saturated heterocycles. The highest BCUT2D eigenvalue weighted by Crippen LogP contribution is 2.42. The van der Waals surface area contributed by atoms with Gasteiger partial charge in [0.05, 0.1) is 18.0 Å². The van der Waals surface area contributed by atoms with Crippen LogP contribution in [0.3, 0.4) is 0 Å². The molecule has 0 unspecified atom stereocenters. The second-order valence-corrected chi connectivity index (χ2v) is 8.77. The summed E-state index contributed by atoms with van der Waals surface area (Å²) >= 11 is 0. The minimum Gasteiger partial charge on any atom is -0.365 e. The number of nitriles is 1. The third-order valence-electron chi connectivity index (χ3n) is 6.53. The first kappa shape index (κ1) is 23.4. The number of carbonyl (C=O) groups is 1. The molecule has 1 aliphatic rings. The fraction of sp³-hybridized carbons (Fsp3) is 0.320. The molecule has 1 aromatic heterocycles. The second-order valence-electron chi connectivity index (χ2n) is 8.77. The SMILES string of the molecule is N#CCC1(n2cc(C(N)=O)c(Nc3ccc(F)cc3)n2)CCC(Cc2cc(F)ccc2F)CC1. The van der Waals surface area contributed by atoms with E-state index in [9.17, 15) is 23.2 Å². The van der Waals surface area contributed by atoms with Crippen molar-refractivity contribution < 1.29 is 18.0 Å². The molecule has 1 saturated carbocycles. The van der Waals surface area contributed by atoms with Crippen LogP contribution in [0.2, 0.25) is 0 Å². The Kier molecular flexibility index (Phi) is 6.59. The molecule has 4 rings (SSSR count). The van der Waals surface area contributed by atoms with E-state index in [0.717, 1.165) is 12.1 Å². The van der Waals surface area contributed by atoms with Gasteiger partial charge in [-0.25, -0.2) is 13.2 Å². The highest BCUT2D eigenvalue weighted by molar-refractivity contribution is 5.98. The van der Waals surface area contributed by atoms with Crippen molar-refractivity contribution in [1.29, 1.82) is 5.26 Å². The molecule has 0 bridgehead atoms. The van der Waals surface area contributed by atoms with E-state index in [1.807, 2.05) is 0 Å². The van der Waals surface area contributed by atoms with Crippen LogP contribution in [0.25, 0.3) is 0 Å². The first-order valence-corrected chi connectivity index (χ1v) is 11.0. The highest BCUT2D eigenvalue weighted by Gasteiger charge is 2.39. The number of nitrogens with zero attached hydrogens (tertiary/aromatic N) is 3. The van der Waals surface area contributed by atoms with Gasteiger partial charge in [0.2, 0.25) is 0 Å². The molecule has 3 aromatic rings. The van der Waals surface area contributed by atoms with Gasteiger partial charge in [-0.15, -0.1) is 0 Å². The fourth-order valence-electron chi connectivity index (χ4n) is 4.62. The predicted molar refractivity (Wildman–Crippen MR) is 121 cm³/mol. The van der Waals surface area contributed by atoms with Crippen LogP contribution < -0.4 is 11.1 Å². The van der Waals surface area contributed by atoms with Crippen LogP contribution in [0, 0.1) is 34.7 Å². The number of carbonyl (C=O) groups excluding carboxylic acids is 1.